The van der Waals surface area contributed by atoms with E-state index in [-0.39, 0.29) is 0 Å². The van der Waals surface area contributed by atoms with E-state index < -0.39 is 12.0 Å². The van der Waals surface area contributed by atoms with E-state index in [9.17, 15) is 9.90 Å². The van der Waals surface area contributed by atoms with Crippen molar-refractivity contribution in [3.63, 3.8) is 0 Å². The molecule has 7 heteroatoms. The van der Waals surface area contributed by atoms with Crippen LogP contribution in [0.3, 0.4) is 0 Å². The SMILES string of the molecule is Cn1cc(C(Nc2nccn2C)C(=O)O)cn1. The molecule has 2 aromatic heterocycles. The largest absolute Gasteiger partial charge is 0.479 e. The van der Waals surface area contributed by atoms with Crippen LogP contribution in [-0.4, -0.2) is 30.4 Å². The zero-order chi connectivity index (χ0) is 12.4. The monoisotopic (exact) mass is 235 g/mol. The summed E-state index contributed by atoms with van der Waals surface area (Å²) in [7, 11) is 3.53. The van der Waals surface area contributed by atoms with E-state index in [1.54, 1.807) is 41.9 Å². The maximum atomic E-state index is 11.2. The summed E-state index contributed by atoms with van der Waals surface area (Å²) in [6, 6.07) is -0.857. The van der Waals surface area contributed by atoms with Gasteiger partial charge in [0.15, 0.2) is 6.04 Å². The molecule has 1 unspecified atom stereocenters. The Morgan fingerprint density at radius 3 is 2.76 bits per heavy atom. The van der Waals surface area contributed by atoms with Crippen molar-refractivity contribution >= 4 is 11.9 Å². The molecular formula is C10H13N5O2. The summed E-state index contributed by atoms with van der Waals surface area (Å²) in [5.41, 5.74) is 0.586. The second-order valence-electron chi connectivity index (χ2n) is 3.72. The van der Waals surface area contributed by atoms with Crippen LogP contribution in [0.2, 0.25) is 0 Å². The fraction of sp³-hybridized carbons (Fsp3) is 0.300. The Bertz CT molecular complexity index is 530. The smallest absolute Gasteiger partial charge is 0.331 e. The molecule has 0 fully saturated rings. The molecule has 0 aliphatic heterocycles. The minimum Gasteiger partial charge on any atom is -0.479 e. The van der Waals surface area contributed by atoms with E-state index in [1.165, 1.54) is 6.20 Å². The van der Waals surface area contributed by atoms with Crippen molar-refractivity contribution in [1.29, 1.82) is 0 Å². The lowest BCUT2D eigenvalue weighted by Gasteiger charge is -2.13. The van der Waals surface area contributed by atoms with Crippen LogP contribution >= 0.6 is 0 Å². The Labute approximate surface area is 97.7 Å². The number of imidazole rings is 1. The van der Waals surface area contributed by atoms with Gasteiger partial charge in [-0.05, 0) is 0 Å². The van der Waals surface area contributed by atoms with Gasteiger partial charge in [-0.1, -0.05) is 0 Å². The summed E-state index contributed by atoms with van der Waals surface area (Å²) in [5.74, 6) is -0.470. The molecule has 90 valence electrons. The lowest BCUT2D eigenvalue weighted by atomic mass is 10.2. The molecule has 17 heavy (non-hydrogen) atoms. The lowest BCUT2D eigenvalue weighted by Crippen LogP contribution is -2.21. The molecule has 0 saturated carbocycles. The Kier molecular flexibility index (Phi) is 2.82. The molecule has 2 heterocycles. The number of aryl methyl sites for hydroxylation is 2. The summed E-state index contributed by atoms with van der Waals surface area (Å²) in [4.78, 5) is 15.2. The minimum absolute atomic E-state index is 0.501. The first-order valence-electron chi connectivity index (χ1n) is 5.03. The predicted molar refractivity (Wildman–Crippen MR) is 60.4 cm³/mol. The molecule has 7 nitrogen and oxygen atoms in total. The van der Waals surface area contributed by atoms with Crippen LogP contribution in [0.15, 0.2) is 24.8 Å². The number of carboxylic acids is 1. The number of carboxylic acid groups (broad SMARTS) is 1. The molecule has 0 amide bonds. The zero-order valence-electron chi connectivity index (χ0n) is 9.53. The van der Waals surface area contributed by atoms with E-state index in [0.29, 0.717) is 11.5 Å². The number of anilines is 1. The van der Waals surface area contributed by atoms with E-state index in [1.807, 2.05) is 0 Å². The van der Waals surface area contributed by atoms with Crippen molar-refractivity contribution in [3.05, 3.63) is 30.4 Å². The fourth-order valence-corrected chi connectivity index (χ4v) is 1.51. The quantitative estimate of drug-likeness (QED) is 0.800. The van der Waals surface area contributed by atoms with Gasteiger partial charge in [-0.15, -0.1) is 0 Å². The molecule has 1 atom stereocenters. The standard InChI is InChI=1S/C10H13N5O2/c1-14-4-3-11-10(14)13-8(9(16)17)7-5-12-15(2)6-7/h3-6,8H,1-2H3,(H,11,13)(H,16,17). The van der Waals surface area contributed by atoms with Crippen LogP contribution in [0.25, 0.3) is 0 Å². The molecule has 0 saturated heterocycles. The maximum Gasteiger partial charge on any atom is 0.331 e. The average Bonchev–Trinajstić information content (AvgIpc) is 2.84. The van der Waals surface area contributed by atoms with Crippen LogP contribution in [0.5, 0.6) is 0 Å². The highest BCUT2D eigenvalue weighted by Crippen LogP contribution is 2.17. The van der Waals surface area contributed by atoms with Gasteiger partial charge in [0.2, 0.25) is 5.95 Å². The Morgan fingerprint density at radius 2 is 2.29 bits per heavy atom. The molecule has 0 aromatic carbocycles. The topological polar surface area (TPSA) is 85.0 Å². The summed E-state index contributed by atoms with van der Waals surface area (Å²) < 4.78 is 3.28. The Balaban J connectivity index is 2.25. The van der Waals surface area contributed by atoms with Crippen LogP contribution in [0.1, 0.15) is 11.6 Å². The second kappa shape index (κ2) is 4.28. The van der Waals surface area contributed by atoms with Gasteiger partial charge < -0.3 is 15.0 Å². The first-order valence-corrected chi connectivity index (χ1v) is 5.03. The number of aliphatic carboxylic acids is 1. The number of carbonyl (C=O) groups is 1. The van der Waals surface area contributed by atoms with Gasteiger partial charge in [0, 0.05) is 38.2 Å². The molecule has 0 spiro atoms. The third kappa shape index (κ3) is 2.27. The molecular weight excluding hydrogens is 222 g/mol. The van der Waals surface area contributed by atoms with Crippen LogP contribution in [-0.2, 0) is 18.9 Å². The first kappa shape index (κ1) is 11.2. The predicted octanol–water partition coefficient (Wildman–Crippen LogP) is 0.391. The van der Waals surface area contributed by atoms with Crippen molar-refractivity contribution in [2.75, 3.05) is 5.32 Å². The van der Waals surface area contributed by atoms with E-state index in [4.69, 9.17) is 0 Å². The third-order valence-electron chi connectivity index (χ3n) is 2.40. The molecule has 0 radical (unpaired) electrons. The van der Waals surface area contributed by atoms with Gasteiger partial charge in [0.25, 0.3) is 0 Å². The highest BCUT2D eigenvalue weighted by atomic mass is 16.4. The van der Waals surface area contributed by atoms with Crippen molar-refractivity contribution in [2.45, 2.75) is 6.04 Å². The summed E-state index contributed by atoms with van der Waals surface area (Å²) in [5, 5.41) is 16.0. The van der Waals surface area contributed by atoms with Crippen LogP contribution in [0.4, 0.5) is 5.95 Å². The molecule has 0 bridgehead atoms. The molecule has 2 rings (SSSR count). The zero-order valence-corrected chi connectivity index (χ0v) is 9.53. The van der Waals surface area contributed by atoms with E-state index >= 15 is 0 Å². The van der Waals surface area contributed by atoms with Crippen molar-refractivity contribution in [2.24, 2.45) is 14.1 Å². The number of hydrogen-bond donors (Lipinski definition) is 2. The molecule has 2 aromatic rings. The van der Waals surface area contributed by atoms with Gasteiger partial charge in [0.1, 0.15) is 0 Å². The Hall–Kier alpha value is -2.31. The maximum absolute atomic E-state index is 11.2. The summed E-state index contributed by atoms with van der Waals surface area (Å²) in [6.07, 6.45) is 6.53. The number of aromatic nitrogens is 4. The van der Waals surface area contributed by atoms with Crippen LogP contribution < -0.4 is 5.32 Å². The summed E-state index contributed by atoms with van der Waals surface area (Å²) in [6.45, 7) is 0. The lowest BCUT2D eigenvalue weighted by molar-refractivity contribution is -0.138. The molecule has 2 N–H and O–H groups in total. The highest BCUT2D eigenvalue weighted by molar-refractivity contribution is 5.78. The average molecular weight is 235 g/mol. The Morgan fingerprint density at radius 1 is 1.53 bits per heavy atom. The molecule has 0 aliphatic carbocycles. The fourth-order valence-electron chi connectivity index (χ4n) is 1.51. The van der Waals surface area contributed by atoms with Gasteiger partial charge >= 0.3 is 5.97 Å². The third-order valence-corrected chi connectivity index (χ3v) is 2.40. The highest BCUT2D eigenvalue weighted by Gasteiger charge is 2.22. The van der Waals surface area contributed by atoms with E-state index in [2.05, 4.69) is 15.4 Å². The first-order chi connectivity index (χ1) is 8.08. The normalized spacial score (nSPS) is 12.4. The number of rotatable bonds is 4. The van der Waals surface area contributed by atoms with Crippen LogP contribution in [0, 0.1) is 0 Å². The van der Waals surface area contributed by atoms with Gasteiger partial charge in [-0.25, -0.2) is 9.78 Å². The second-order valence-corrected chi connectivity index (χ2v) is 3.72. The van der Waals surface area contributed by atoms with E-state index in [0.717, 1.165) is 0 Å². The number of hydrogen-bond acceptors (Lipinski definition) is 4. The van der Waals surface area contributed by atoms with Gasteiger partial charge in [-0.3, -0.25) is 4.68 Å². The van der Waals surface area contributed by atoms with Gasteiger partial charge in [0.05, 0.1) is 6.20 Å². The van der Waals surface area contributed by atoms with Crippen molar-refractivity contribution in [1.82, 2.24) is 19.3 Å². The summed E-state index contributed by atoms with van der Waals surface area (Å²) >= 11 is 0. The number of nitrogens with one attached hydrogen (secondary N) is 1. The molecule has 0 aliphatic rings. The number of nitrogens with zero attached hydrogens (tertiary/aromatic N) is 4. The van der Waals surface area contributed by atoms with Gasteiger partial charge in [-0.2, -0.15) is 5.10 Å². The van der Waals surface area contributed by atoms with Crippen molar-refractivity contribution in [3.8, 4) is 0 Å². The van der Waals surface area contributed by atoms with Crippen molar-refractivity contribution < 1.29 is 9.90 Å². The minimum atomic E-state index is -0.971.